The Hall–Kier alpha value is -0.930. The molecule has 0 fully saturated rings. The van der Waals surface area contributed by atoms with E-state index in [1.54, 1.807) is 0 Å². The van der Waals surface area contributed by atoms with Crippen LogP contribution in [0.5, 0.6) is 0 Å². The highest BCUT2D eigenvalue weighted by atomic mass is 15.1. The molecule has 0 radical (unpaired) electrons. The fourth-order valence-corrected chi connectivity index (χ4v) is 2.09. The quantitative estimate of drug-likeness (QED) is 0.799. The minimum atomic E-state index is -0.0989. The van der Waals surface area contributed by atoms with Crippen LogP contribution in [0.4, 0.5) is 0 Å². The number of likely N-dealkylation sites (N-methyl/N-ethyl adjacent to an activating group) is 1. The molecule has 1 heterocycles. The molecule has 1 aromatic heterocycles. The first kappa shape index (κ1) is 13.1. The van der Waals surface area contributed by atoms with Gasteiger partial charge in [0.15, 0.2) is 0 Å². The first-order chi connectivity index (χ1) is 7.53. The zero-order valence-electron chi connectivity index (χ0n) is 10.6. The zero-order chi connectivity index (χ0) is 12.0. The van der Waals surface area contributed by atoms with E-state index < -0.39 is 0 Å². The van der Waals surface area contributed by atoms with Gasteiger partial charge in [0.25, 0.3) is 0 Å². The van der Waals surface area contributed by atoms with Crippen LogP contribution < -0.4 is 5.73 Å². The van der Waals surface area contributed by atoms with Crippen LogP contribution >= 0.6 is 0 Å². The average molecular weight is 221 g/mol. The van der Waals surface area contributed by atoms with Crippen LogP contribution in [0, 0.1) is 0 Å². The predicted molar refractivity (Wildman–Crippen MR) is 68.1 cm³/mol. The van der Waals surface area contributed by atoms with Crippen molar-refractivity contribution in [1.29, 1.82) is 0 Å². The van der Waals surface area contributed by atoms with E-state index in [1.165, 1.54) is 0 Å². The van der Waals surface area contributed by atoms with Crippen molar-refractivity contribution in [1.82, 2.24) is 9.88 Å². The van der Waals surface area contributed by atoms with E-state index in [-0.39, 0.29) is 5.54 Å². The number of aromatic nitrogens is 1. The fraction of sp³-hybridized carbons (Fsp3) is 0.615. The molecule has 1 aromatic rings. The second-order valence-electron chi connectivity index (χ2n) is 4.90. The number of hydrogen-bond acceptors (Lipinski definition) is 3. The van der Waals surface area contributed by atoms with Gasteiger partial charge in [-0.15, -0.1) is 0 Å². The van der Waals surface area contributed by atoms with Crippen molar-refractivity contribution in [3.05, 3.63) is 30.1 Å². The molecule has 1 rings (SSSR count). The lowest BCUT2D eigenvalue weighted by atomic mass is 9.97. The minimum Gasteiger partial charge on any atom is -0.324 e. The molecule has 90 valence electrons. The van der Waals surface area contributed by atoms with Crippen LogP contribution in [0.1, 0.15) is 32.4 Å². The molecule has 3 heteroatoms. The molecule has 0 aromatic carbocycles. The van der Waals surface area contributed by atoms with E-state index >= 15 is 0 Å². The lowest BCUT2D eigenvalue weighted by molar-refractivity contribution is 0.239. The van der Waals surface area contributed by atoms with Crippen LogP contribution in [-0.4, -0.2) is 29.0 Å². The lowest BCUT2D eigenvalue weighted by Crippen LogP contribution is -2.46. The van der Waals surface area contributed by atoms with Crippen molar-refractivity contribution in [2.24, 2.45) is 5.73 Å². The van der Waals surface area contributed by atoms with Gasteiger partial charge in [0.1, 0.15) is 0 Å². The van der Waals surface area contributed by atoms with Gasteiger partial charge < -0.3 is 5.73 Å². The summed E-state index contributed by atoms with van der Waals surface area (Å²) in [6.45, 7) is 6.05. The summed E-state index contributed by atoms with van der Waals surface area (Å²) in [4.78, 5) is 6.55. The Bertz CT molecular complexity index is 295. The maximum absolute atomic E-state index is 6.22. The molecule has 0 saturated heterocycles. The molecule has 3 nitrogen and oxygen atoms in total. The van der Waals surface area contributed by atoms with Crippen molar-refractivity contribution < 1.29 is 0 Å². The topological polar surface area (TPSA) is 42.1 Å². The third-order valence-corrected chi connectivity index (χ3v) is 2.61. The maximum atomic E-state index is 6.22. The van der Waals surface area contributed by atoms with Crippen LogP contribution in [0.15, 0.2) is 24.4 Å². The summed E-state index contributed by atoms with van der Waals surface area (Å²) in [5.74, 6) is 0. The zero-order valence-corrected chi connectivity index (χ0v) is 10.6. The highest BCUT2D eigenvalue weighted by Crippen LogP contribution is 2.11. The van der Waals surface area contributed by atoms with Gasteiger partial charge in [-0.1, -0.05) is 19.4 Å². The van der Waals surface area contributed by atoms with Gasteiger partial charge in [-0.25, -0.2) is 0 Å². The van der Waals surface area contributed by atoms with Gasteiger partial charge in [-0.3, -0.25) is 9.88 Å². The van der Waals surface area contributed by atoms with Gasteiger partial charge in [-0.2, -0.15) is 0 Å². The molecule has 0 spiro atoms. The summed E-state index contributed by atoms with van der Waals surface area (Å²) in [5, 5.41) is 0. The van der Waals surface area contributed by atoms with Gasteiger partial charge in [-0.05, 0) is 32.5 Å². The van der Waals surface area contributed by atoms with E-state index in [2.05, 4.69) is 30.8 Å². The lowest BCUT2D eigenvalue weighted by Gasteiger charge is -2.29. The summed E-state index contributed by atoms with van der Waals surface area (Å²) in [7, 11) is 2.09. The van der Waals surface area contributed by atoms with Gasteiger partial charge in [0.2, 0.25) is 0 Å². The Kier molecular flexibility index (Phi) is 4.90. The SMILES string of the molecule is CCCC(C)(N)CN(C)Cc1ccccn1. The first-order valence-electron chi connectivity index (χ1n) is 5.91. The molecule has 0 aliphatic rings. The molecular weight excluding hydrogens is 198 g/mol. The predicted octanol–water partition coefficient (Wildman–Crippen LogP) is 2.03. The molecule has 0 bridgehead atoms. The highest BCUT2D eigenvalue weighted by molar-refractivity contribution is 5.03. The van der Waals surface area contributed by atoms with Crippen LogP contribution in [0.2, 0.25) is 0 Å². The van der Waals surface area contributed by atoms with Crippen molar-refractivity contribution in [2.75, 3.05) is 13.6 Å². The second kappa shape index (κ2) is 5.97. The van der Waals surface area contributed by atoms with E-state index in [1.807, 2.05) is 24.4 Å². The molecule has 0 aliphatic heterocycles. The number of nitrogens with two attached hydrogens (primary N) is 1. The molecule has 1 unspecified atom stereocenters. The molecule has 0 aliphatic carbocycles. The second-order valence-corrected chi connectivity index (χ2v) is 4.90. The fourth-order valence-electron chi connectivity index (χ4n) is 2.09. The van der Waals surface area contributed by atoms with E-state index in [9.17, 15) is 0 Å². The number of hydrogen-bond donors (Lipinski definition) is 1. The standard InChI is InChI=1S/C13H23N3/c1-4-8-13(2,14)11-16(3)10-12-7-5-6-9-15-12/h5-7,9H,4,8,10-11,14H2,1-3H3. The number of rotatable bonds is 6. The normalized spacial score (nSPS) is 15.1. The smallest absolute Gasteiger partial charge is 0.0543 e. The number of pyridine rings is 1. The van der Waals surface area contributed by atoms with E-state index in [0.29, 0.717) is 0 Å². The Morgan fingerprint density at radius 3 is 2.75 bits per heavy atom. The number of nitrogens with zero attached hydrogens (tertiary/aromatic N) is 2. The summed E-state index contributed by atoms with van der Waals surface area (Å²) in [5.41, 5.74) is 7.22. The van der Waals surface area contributed by atoms with Crippen molar-refractivity contribution >= 4 is 0 Å². The monoisotopic (exact) mass is 221 g/mol. The Balaban J connectivity index is 2.44. The maximum Gasteiger partial charge on any atom is 0.0543 e. The van der Waals surface area contributed by atoms with Crippen LogP contribution in [0.3, 0.4) is 0 Å². The first-order valence-corrected chi connectivity index (χ1v) is 5.91. The van der Waals surface area contributed by atoms with E-state index in [4.69, 9.17) is 5.73 Å². The summed E-state index contributed by atoms with van der Waals surface area (Å²) >= 11 is 0. The minimum absolute atomic E-state index is 0.0989. The molecule has 0 saturated carbocycles. The highest BCUT2D eigenvalue weighted by Gasteiger charge is 2.19. The van der Waals surface area contributed by atoms with Gasteiger partial charge in [0, 0.05) is 24.8 Å². The van der Waals surface area contributed by atoms with Crippen molar-refractivity contribution in [2.45, 2.75) is 38.8 Å². The largest absolute Gasteiger partial charge is 0.324 e. The van der Waals surface area contributed by atoms with Crippen molar-refractivity contribution in [3.63, 3.8) is 0 Å². The molecule has 16 heavy (non-hydrogen) atoms. The summed E-state index contributed by atoms with van der Waals surface area (Å²) in [6, 6.07) is 6.00. The average Bonchev–Trinajstić information content (AvgIpc) is 2.17. The van der Waals surface area contributed by atoms with Gasteiger partial charge >= 0.3 is 0 Å². The molecular formula is C13H23N3. The molecule has 1 atom stereocenters. The van der Waals surface area contributed by atoms with Crippen molar-refractivity contribution in [3.8, 4) is 0 Å². The Labute approximate surface area is 98.7 Å². The Morgan fingerprint density at radius 2 is 2.19 bits per heavy atom. The third-order valence-electron chi connectivity index (χ3n) is 2.61. The van der Waals surface area contributed by atoms with Crippen LogP contribution in [-0.2, 0) is 6.54 Å². The van der Waals surface area contributed by atoms with Gasteiger partial charge in [0.05, 0.1) is 5.69 Å². The van der Waals surface area contributed by atoms with E-state index in [0.717, 1.165) is 31.6 Å². The molecule has 2 N–H and O–H groups in total. The molecule has 0 amide bonds. The summed E-state index contributed by atoms with van der Waals surface area (Å²) in [6.07, 6.45) is 4.01. The Morgan fingerprint density at radius 1 is 1.44 bits per heavy atom. The third kappa shape index (κ3) is 4.73. The summed E-state index contributed by atoms with van der Waals surface area (Å²) < 4.78 is 0. The van der Waals surface area contributed by atoms with Crippen LogP contribution in [0.25, 0.3) is 0 Å².